The standard InChI is InChI=1S/C11H15NO2.C11H12O4/c1-2-3-8-14-11(13)9-4-6-10(12)7-5-9;1-14-9-5-3-8(4-6-11(12)13)7-10(9)15-2/h4-7H,2-3,8,12H2,1H3;3-7H,1-2H3,(H,12,13). The van der Waals surface area contributed by atoms with Crippen molar-refractivity contribution in [3.8, 4) is 11.5 Å². The van der Waals surface area contributed by atoms with Crippen molar-refractivity contribution in [3.05, 3.63) is 59.7 Å². The Balaban J connectivity index is 0.000000291. The maximum absolute atomic E-state index is 11.4. The smallest absolute Gasteiger partial charge is 0.338 e. The third kappa shape index (κ3) is 8.83. The summed E-state index contributed by atoms with van der Waals surface area (Å²) in [6.07, 6.45) is 4.49. The number of benzene rings is 2. The number of anilines is 1. The van der Waals surface area contributed by atoms with Gasteiger partial charge in [0, 0.05) is 11.8 Å². The second-order valence-corrected chi connectivity index (χ2v) is 5.90. The summed E-state index contributed by atoms with van der Waals surface area (Å²) < 4.78 is 15.2. The van der Waals surface area contributed by atoms with Crippen molar-refractivity contribution in [2.75, 3.05) is 26.6 Å². The Kier molecular flexibility index (Phi) is 10.4. The molecule has 2 aromatic carbocycles. The van der Waals surface area contributed by atoms with E-state index in [0.29, 0.717) is 29.4 Å². The van der Waals surface area contributed by atoms with Gasteiger partial charge in [0.25, 0.3) is 0 Å². The molecule has 0 saturated carbocycles. The zero-order valence-electron chi connectivity index (χ0n) is 16.9. The second kappa shape index (κ2) is 12.8. The van der Waals surface area contributed by atoms with Crippen LogP contribution in [-0.4, -0.2) is 37.9 Å². The number of unbranched alkanes of at least 4 members (excludes halogenated alkanes) is 1. The predicted molar refractivity (Wildman–Crippen MR) is 112 cm³/mol. The topological polar surface area (TPSA) is 108 Å². The Morgan fingerprint density at radius 2 is 1.69 bits per heavy atom. The molecule has 0 aliphatic carbocycles. The molecule has 0 fully saturated rings. The molecule has 2 rings (SSSR count). The van der Waals surface area contributed by atoms with Crippen LogP contribution in [0.5, 0.6) is 11.5 Å². The molecule has 0 aliphatic heterocycles. The third-order valence-electron chi connectivity index (χ3n) is 3.70. The molecule has 7 heteroatoms. The summed E-state index contributed by atoms with van der Waals surface area (Å²) in [7, 11) is 3.08. The van der Waals surface area contributed by atoms with E-state index in [1.807, 2.05) is 0 Å². The second-order valence-electron chi connectivity index (χ2n) is 5.90. The molecular weight excluding hydrogens is 374 g/mol. The molecular formula is C22H27NO6. The molecule has 0 atom stereocenters. The van der Waals surface area contributed by atoms with Gasteiger partial charge in [-0.1, -0.05) is 19.4 Å². The molecule has 7 nitrogen and oxygen atoms in total. The molecule has 3 N–H and O–H groups in total. The number of carbonyl (C=O) groups excluding carboxylic acids is 1. The lowest BCUT2D eigenvalue weighted by Crippen LogP contribution is -2.06. The minimum absolute atomic E-state index is 0.279. The quantitative estimate of drug-likeness (QED) is 0.297. The minimum Gasteiger partial charge on any atom is -0.493 e. The molecule has 0 aliphatic rings. The minimum atomic E-state index is -0.982. The first-order chi connectivity index (χ1) is 13.9. The van der Waals surface area contributed by atoms with E-state index in [4.69, 9.17) is 25.1 Å². The number of carboxylic acid groups (broad SMARTS) is 1. The average molecular weight is 401 g/mol. The van der Waals surface area contributed by atoms with E-state index in [1.165, 1.54) is 13.2 Å². The number of methoxy groups -OCH3 is 2. The molecule has 156 valence electrons. The van der Waals surface area contributed by atoms with Crippen LogP contribution in [0.15, 0.2) is 48.5 Å². The molecule has 0 unspecified atom stereocenters. The van der Waals surface area contributed by atoms with Gasteiger partial charge in [-0.15, -0.1) is 0 Å². The lowest BCUT2D eigenvalue weighted by molar-refractivity contribution is -0.131. The average Bonchev–Trinajstić information content (AvgIpc) is 2.73. The molecule has 0 aromatic heterocycles. The first-order valence-electron chi connectivity index (χ1n) is 9.07. The number of hydrogen-bond acceptors (Lipinski definition) is 6. The van der Waals surface area contributed by atoms with Gasteiger partial charge in [0.1, 0.15) is 0 Å². The van der Waals surface area contributed by atoms with Crippen molar-refractivity contribution in [1.82, 2.24) is 0 Å². The number of esters is 1. The zero-order valence-corrected chi connectivity index (χ0v) is 16.9. The fraction of sp³-hybridized carbons (Fsp3) is 0.273. The fourth-order valence-electron chi connectivity index (χ4n) is 2.14. The molecule has 0 spiro atoms. The number of aliphatic carboxylic acids is 1. The van der Waals surface area contributed by atoms with Crippen LogP contribution in [0.3, 0.4) is 0 Å². The van der Waals surface area contributed by atoms with Crippen molar-refractivity contribution in [2.24, 2.45) is 0 Å². The van der Waals surface area contributed by atoms with Gasteiger partial charge < -0.3 is 25.1 Å². The van der Waals surface area contributed by atoms with E-state index in [-0.39, 0.29) is 5.97 Å². The number of hydrogen-bond donors (Lipinski definition) is 2. The number of ether oxygens (including phenoxy) is 3. The van der Waals surface area contributed by atoms with Gasteiger partial charge in [0.05, 0.1) is 26.4 Å². The summed E-state index contributed by atoms with van der Waals surface area (Å²) in [4.78, 5) is 21.7. The SMILES string of the molecule is CCCCOC(=O)c1ccc(N)cc1.COc1ccc(C=CC(=O)O)cc1OC. The summed E-state index contributed by atoms with van der Waals surface area (Å²) >= 11 is 0. The van der Waals surface area contributed by atoms with Gasteiger partial charge in [0.15, 0.2) is 11.5 Å². The summed E-state index contributed by atoms with van der Waals surface area (Å²) in [6, 6.07) is 11.9. The lowest BCUT2D eigenvalue weighted by atomic mass is 10.2. The monoisotopic (exact) mass is 401 g/mol. The van der Waals surface area contributed by atoms with Gasteiger partial charge >= 0.3 is 11.9 Å². The summed E-state index contributed by atoms with van der Waals surface area (Å²) in [5.74, 6) is -0.0711. The van der Waals surface area contributed by atoms with E-state index in [2.05, 4.69) is 6.92 Å². The van der Waals surface area contributed by atoms with Crippen LogP contribution in [0, 0.1) is 0 Å². The van der Waals surface area contributed by atoms with Gasteiger partial charge in [-0.2, -0.15) is 0 Å². The molecule has 2 aromatic rings. The van der Waals surface area contributed by atoms with Gasteiger partial charge in [0.2, 0.25) is 0 Å². The van der Waals surface area contributed by atoms with Gasteiger partial charge in [-0.3, -0.25) is 0 Å². The normalized spacial score (nSPS) is 10.0. The molecule has 0 bridgehead atoms. The van der Waals surface area contributed by atoms with E-state index in [0.717, 1.165) is 24.5 Å². The highest BCUT2D eigenvalue weighted by molar-refractivity contribution is 5.89. The molecule has 0 saturated heterocycles. The molecule has 29 heavy (non-hydrogen) atoms. The van der Waals surface area contributed by atoms with E-state index in [9.17, 15) is 9.59 Å². The Morgan fingerprint density at radius 1 is 1.03 bits per heavy atom. The van der Waals surface area contributed by atoms with E-state index < -0.39 is 5.97 Å². The number of carbonyl (C=O) groups is 2. The zero-order chi connectivity index (χ0) is 21.6. The Bertz CT molecular complexity index is 815. The largest absolute Gasteiger partial charge is 0.493 e. The highest BCUT2D eigenvalue weighted by Gasteiger charge is 2.05. The Labute approximate surface area is 170 Å². The number of rotatable bonds is 8. The van der Waals surface area contributed by atoms with E-state index in [1.54, 1.807) is 49.6 Å². The maximum Gasteiger partial charge on any atom is 0.338 e. The highest BCUT2D eigenvalue weighted by atomic mass is 16.5. The van der Waals surface area contributed by atoms with Crippen molar-refractivity contribution >= 4 is 23.7 Å². The predicted octanol–water partition coefficient (Wildman–Crippen LogP) is 4.03. The first-order valence-corrected chi connectivity index (χ1v) is 9.07. The lowest BCUT2D eigenvalue weighted by Gasteiger charge is -2.07. The summed E-state index contributed by atoms with van der Waals surface area (Å²) in [6.45, 7) is 2.54. The molecule has 0 amide bonds. The number of carboxylic acids is 1. The maximum atomic E-state index is 11.4. The number of nitrogen functional groups attached to an aromatic ring is 1. The van der Waals surface area contributed by atoms with Crippen LogP contribution < -0.4 is 15.2 Å². The number of nitrogens with two attached hydrogens (primary N) is 1. The van der Waals surface area contributed by atoms with Gasteiger partial charge in [-0.05, 0) is 54.5 Å². The van der Waals surface area contributed by atoms with Crippen molar-refractivity contribution in [1.29, 1.82) is 0 Å². The summed E-state index contributed by atoms with van der Waals surface area (Å²) in [5.41, 5.74) is 7.44. The Hall–Kier alpha value is -3.48. The fourth-order valence-corrected chi connectivity index (χ4v) is 2.14. The first kappa shape index (κ1) is 23.6. The van der Waals surface area contributed by atoms with Gasteiger partial charge in [-0.25, -0.2) is 9.59 Å². The third-order valence-corrected chi connectivity index (χ3v) is 3.70. The Morgan fingerprint density at radius 3 is 2.24 bits per heavy atom. The van der Waals surface area contributed by atoms with Crippen molar-refractivity contribution in [2.45, 2.75) is 19.8 Å². The summed E-state index contributed by atoms with van der Waals surface area (Å²) in [5, 5.41) is 8.46. The van der Waals surface area contributed by atoms with Crippen molar-refractivity contribution in [3.63, 3.8) is 0 Å². The van der Waals surface area contributed by atoms with Crippen LogP contribution in [0.1, 0.15) is 35.7 Å². The van der Waals surface area contributed by atoms with Crippen molar-refractivity contribution < 1.29 is 28.9 Å². The molecule has 0 heterocycles. The van der Waals surface area contributed by atoms with Crippen LogP contribution in [0.2, 0.25) is 0 Å². The van der Waals surface area contributed by atoms with Crippen LogP contribution in [-0.2, 0) is 9.53 Å². The highest BCUT2D eigenvalue weighted by Crippen LogP contribution is 2.27. The van der Waals surface area contributed by atoms with E-state index >= 15 is 0 Å². The van der Waals surface area contributed by atoms with Crippen LogP contribution in [0.4, 0.5) is 5.69 Å². The van der Waals surface area contributed by atoms with Crippen LogP contribution in [0.25, 0.3) is 6.08 Å². The molecule has 0 radical (unpaired) electrons. The van der Waals surface area contributed by atoms with Crippen LogP contribution >= 0.6 is 0 Å².